The Bertz CT molecular complexity index is 559. The zero-order chi connectivity index (χ0) is 15.6. The number of halogens is 3. The molecule has 0 aromatic heterocycles. The molecule has 0 spiro atoms. The topological polar surface area (TPSA) is 82.2 Å². The van der Waals surface area contributed by atoms with Crippen LogP contribution in [0.25, 0.3) is 0 Å². The van der Waals surface area contributed by atoms with E-state index in [-0.39, 0.29) is 11.5 Å². The van der Waals surface area contributed by atoms with Gasteiger partial charge in [0.2, 0.25) is 0 Å². The van der Waals surface area contributed by atoms with Gasteiger partial charge in [-0.3, -0.25) is 5.41 Å². The fourth-order valence-corrected chi connectivity index (χ4v) is 2.30. The Morgan fingerprint density at radius 3 is 2.76 bits per heavy atom. The van der Waals surface area contributed by atoms with Crippen LogP contribution in [0.2, 0.25) is 0 Å². The van der Waals surface area contributed by atoms with Gasteiger partial charge in [0, 0.05) is 12.2 Å². The van der Waals surface area contributed by atoms with Gasteiger partial charge in [-0.15, -0.1) is 0 Å². The summed E-state index contributed by atoms with van der Waals surface area (Å²) in [4.78, 5) is 13.4. The fourth-order valence-electron chi connectivity index (χ4n) is 2.30. The van der Waals surface area contributed by atoms with Crippen molar-refractivity contribution in [3.05, 3.63) is 29.8 Å². The lowest BCUT2D eigenvalue weighted by Gasteiger charge is -2.24. The highest BCUT2D eigenvalue weighted by molar-refractivity contribution is 5.94. The number of hydrogen-bond donors (Lipinski definition) is 3. The van der Waals surface area contributed by atoms with Crippen molar-refractivity contribution in [2.75, 3.05) is 11.9 Å². The molecule has 1 saturated heterocycles. The van der Waals surface area contributed by atoms with E-state index in [1.165, 1.54) is 17.0 Å². The average molecular weight is 300 g/mol. The number of rotatable bonds is 2. The predicted molar refractivity (Wildman–Crippen MR) is 72.1 cm³/mol. The number of hydrogen-bond acceptors (Lipinski definition) is 2. The molecule has 1 aromatic rings. The number of amidine groups is 1. The number of amides is 2. The smallest absolute Gasteiger partial charge is 0.386 e. The highest BCUT2D eigenvalue weighted by atomic mass is 19.4. The third-order valence-electron chi connectivity index (χ3n) is 3.31. The van der Waals surface area contributed by atoms with Crippen molar-refractivity contribution in [3.63, 3.8) is 0 Å². The number of likely N-dealkylation sites (tertiary alicyclic amines) is 1. The van der Waals surface area contributed by atoms with E-state index in [1.54, 1.807) is 0 Å². The molecule has 0 aliphatic carbocycles. The number of urea groups is 1. The molecule has 1 unspecified atom stereocenters. The number of carbonyl (C=O) groups is 1. The molecule has 8 heteroatoms. The van der Waals surface area contributed by atoms with Crippen molar-refractivity contribution in [2.45, 2.75) is 25.1 Å². The Balaban J connectivity index is 2.11. The summed E-state index contributed by atoms with van der Waals surface area (Å²) in [5.41, 5.74) is 4.64. The van der Waals surface area contributed by atoms with E-state index in [1.807, 2.05) is 0 Å². The fraction of sp³-hybridized carbons (Fsp3) is 0.385. The Kier molecular flexibility index (Phi) is 4.06. The summed E-state index contributed by atoms with van der Waals surface area (Å²) >= 11 is 0. The van der Waals surface area contributed by atoms with Gasteiger partial charge in [-0.25, -0.2) is 4.79 Å². The SMILES string of the molecule is N=C(N)C1CCCN1C(=O)Nc1cccc(C(F)(F)F)c1. The maximum atomic E-state index is 12.6. The van der Waals surface area contributed by atoms with Gasteiger partial charge in [0.15, 0.2) is 0 Å². The van der Waals surface area contributed by atoms with Crippen molar-refractivity contribution in [2.24, 2.45) is 5.73 Å². The predicted octanol–water partition coefficient (Wildman–Crippen LogP) is 2.64. The standard InChI is InChI=1S/C13H15F3N4O/c14-13(15,16)8-3-1-4-9(7-8)19-12(21)20-6-2-5-10(20)11(17)18/h1,3-4,7,10H,2,5-6H2,(H3,17,18)(H,19,21). The van der Waals surface area contributed by atoms with Crippen LogP contribution >= 0.6 is 0 Å². The number of carbonyl (C=O) groups excluding carboxylic acids is 1. The van der Waals surface area contributed by atoms with Gasteiger partial charge in [0.1, 0.15) is 5.84 Å². The summed E-state index contributed by atoms with van der Waals surface area (Å²) < 4.78 is 37.8. The molecule has 0 saturated carbocycles. The molecule has 114 valence electrons. The van der Waals surface area contributed by atoms with Crippen molar-refractivity contribution in [1.82, 2.24) is 4.90 Å². The molecule has 21 heavy (non-hydrogen) atoms. The molecule has 1 fully saturated rings. The Hall–Kier alpha value is -2.25. The van der Waals surface area contributed by atoms with Crippen molar-refractivity contribution in [1.29, 1.82) is 5.41 Å². The molecule has 1 heterocycles. The molecule has 1 aromatic carbocycles. The molecule has 1 aliphatic heterocycles. The lowest BCUT2D eigenvalue weighted by atomic mass is 10.2. The lowest BCUT2D eigenvalue weighted by Crippen LogP contribution is -2.45. The minimum absolute atomic E-state index is 0.0593. The molecule has 1 aliphatic rings. The number of anilines is 1. The van der Waals surface area contributed by atoms with Gasteiger partial charge >= 0.3 is 12.2 Å². The summed E-state index contributed by atoms with van der Waals surface area (Å²) in [7, 11) is 0. The van der Waals surface area contributed by atoms with E-state index in [4.69, 9.17) is 11.1 Å². The van der Waals surface area contributed by atoms with Crippen LogP contribution in [0.4, 0.5) is 23.7 Å². The van der Waals surface area contributed by atoms with Crippen LogP contribution in [-0.4, -0.2) is 29.4 Å². The Morgan fingerprint density at radius 1 is 1.43 bits per heavy atom. The lowest BCUT2D eigenvalue weighted by molar-refractivity contribution is -0.137. The minimum atomic E-state index is -4.46. The van der Waals surface area contributed by atoms with Crippen LogP contribution < -0.4 is 11.1 Å². The van der Waals surface area contributed by atoms with Gasteiger partial charge in [-0.05, 0) is 31.0 Å². The maximum absolute atomic E-state index is 12.6. The molecule has 2 rings (SSSR count). The van der Waals surface area contributed by atoms with Crippen LogP contribution in [0.3, 0.4) is 0 Å². The van der Waals surface area contributed by atoms with Crippen LogP contribution in [0.5, 0.6) is 0 Å². The van der Waals surface area contributed by atoms with E-state index < -0.39 is 23.8 Å². The summed E-state index contributed by atoms with van der Waals surface area (Å²) in [5, 5.41) is 9.83. The zero-order valence-electron chi connectivity index (χ0n) is 11.1. The van der Waals surface area contributed by atoms with E-state index in [9.17, 15) is 18.0 Å². The van der Waals surface area contributed by atoms with Gasteiger partial charge in [0.25, 0.3) is 0 Å². The van der Waals surface area contributed by atoms with Crippen LogP contribution in [0.15, 0.2) is 24.3 Å². The second-order valence-corrected chi connectivity index (χ2v) is 4.82. The summed E-state index contributed by atoms with van der Waals surface area (Å²) in [6, 6.07) is 3.38. The van der Waals surface area contributed by atoms with Crippen molar-refractivity contribution < 1.29 is 18.0 Å². The molecule has 5 nitrogen and oxygen atoms in total. The highest BCUT2D eigenvalue weighted by Gasteiger charge is 2.32. The molecule has 4 N–H and O–H groups in total. The van der Waals surface area contributed by atoms with Crippen molar-refractivity contribution >= 4 is 17.6 Å². The summed E-state index contributed by atoms with van der Waals surface area (Å²) in [6.07, 6.45) is -3.16. The van der Waals surface area contributed by atoms with Gasteiger partial charge in [-0.1, -0.05) is 6.07 Å². The third-order valence-corrected chi connectivity index (χ3v) is 3.31. The molecular weight excluding hydrogens is 285 g/mol. The van der Waals surface area contributed by atoms with E-state index in [2.05, 4.69) is 5.32 Å². The number of nitrogens with two attached hydrogens (primary N) is 1. The van der Waals surface area contributed by atoms with Gasteiger partial charge < -0.3 is 16.0 Å². The second-order valence-electron chi connectivity index (χ2n) is 4.82. The molecule has 1 atom stereocenters. The van der Waals surface area contributed by atoms with Crippen LogP contribution in [0, 0.1) is 5.41 Å². The summed E-state index contributed by atoms with van der Waals surface area (Å²) in [5.74, 6) is -0.119. The first-order valence-electron chi connectivity index (χ1n) is 6.38. The van der Waals surface area contributed by atoms with E-state index in [0.29, 0.717) is 19.4 Å². The average Bonchev–Trinajstić information content (AvgIpc) is 2.87. The number of benzene rings is 1. The number of nitrogens with one attached hydrogen (secondary N) is 2. The molecule has 0 radical (unpaired) electrons. The monoisotopic (exact) mass is 300 g/mol. The second kappa shape index (κ2) is 5.63. The first-order chi connectivity index (χ1) is 9.79. The highest BCUT2D eigenvalue weighted by Crippen LogP contribution is 2.30. The summed E-state index contributed by atoms with van der Waals surface area (Å²) in [6.45, 7) is 0.426. The third kappa shape index (κ3) is 3.45. The minimum Gasteiger partial charge on any atom is -0.386 e. The largest absolute Gasteiger partial charge is 0.416 e. The molecular formula is C13H15F3N4O. The number of nitrogens with zero attached hydrogens (tertiary/aromatic N) is 1. The normalized spacial score (nSPS) is 18.6. The Labute approximate surface area is 119 Å². The van der Waals surface area contributed by atoms with Gasteiger partial charge in [0.05, 0.1) is 11.6 Å². The zero-order valence-corrected chi connectivity index (χ0v) is 11.1. The number of alkyl halides is 3. The van der Waals surface area contributed by atoms with Crippen molar-refractivity contribution in [3.8, 4) is 0 Å². The van der Waals surface area contributed by atoms with Crippen LogP contribution in [-0.2, 0) is 6.18 Å². The first kappa shape index (κ1) is 15.1. The van der Waals surface area contributed by atoms with E-state index >= 15 is 0 Å². The Morgan fingerprint density at radius 2 is 2.14 bits per heavy atom. The van der Waals surface area contributed by atoms with Crippen LogP contribution in [0.1, 0.15) is 18.4 Å². The maximum Gasteiger partial charge on any atom is 0.416 e. The quantitative estimate of drug-likeness (QED) is 0.579. The van der Waals surface area contributed by atoms with E-state index in [0.717, 1.165) is 12.1 Å². The first-order valence-corrected chi connectivity index (χ1v) is 6.38. The van der Waals surface area contributed by atoms with Gasteiger partial charge in [-0.2, -0.15) is 13.2 Å². The molecule has 2 amide bonds. The molecule has 0 bridgehead atoms.